The first-order valence-corrected chi connectivity index (χ1v) is 8.48. The Morgan fingerprint density at radius 3 is 2.33 bits per heavy atom. The van der Waals surface area contributed by atoms with Crippen LogP contribution in [-0.2, 0) is 6.54 Å². The van der Waals surface area contributed by atoms with Crippen molar-refractivity contribution >= 4 is 11.6 Å². The van der Waals surface area contributed by atoms with Gasteiger partial charge in [-0.25, -0.2) is 0 Å². The molecule has 4 nitrogen and oxygen atoms in total. The summed E-state index contributed by atoms with van der Waals surface area (Å²) in [5.41, 5.74) is 4.09. The number of aryl methyl sites for hydroxylation is 1. The zero-order chi connectivity index (χ0) is 16.9. The van der Waals surface area contributed by atoms with Crippen molar-refractivity contribution in [1.82, 2.24) is 5.32 Å². The van der Waals surface area contributed by atoms with Gasteiger partial charge in [-0.15, -0.1) is 0 Å². The number of benzene rings is 2. The summed E-state index contributed by atoms with van der Waals surface area (Å²) in [6.45, 7) is 4.30. The van der Waals surface area contributed by atoms with E-state index in [1.807, 2.05) is 55.5 Å². The van der Waals surface area contributed by atoms with Gasteiger partial charge in [0.2, 0.25) is 0 Å². The molecule has 1 heterocycles. The average molecular weight is 324 g/mol. The molecule has 0 atom stereocenters. The Hall–Kier alpha value is -2.33. The third-order valence-electron chi connectivity index (χ3n) is 4.53. The SMILES string of the molecule is Cc1ccc(CNC(=O)c2ccc(N3CCC(O)CC3)cc2)cc1. The van der Waals surface area contributed by atoms with Gasteiger partial charge in [-0.3, -0.25) is 4.79 Å². The molecule has 3 rings (SSSR count). The lowest BCUT2D eigenvalue weighted by molar-refractivity contribution is 0.0951. The van der Waals surface area contributed by atoms with Crippen LogP contribution in [-0.4, -0.2) is 30.2 Å². The second kappa shape index (κ2) is 7.49. The first-order chi connectivity index (χ1) is 11.6. The number of aliphatic hydroxyl groups is 1. The fourth-order valence-electron chi connectivity index (χ4n) is 2.94. The van der Waals surface area contributed by atoms with Crippen LogP contribution in [0.1, 0.15) is 34.3 Å². The van der Waals surface area contributed by atoms with Crippen LogP contribution in [0.4, 0.5) is 5.69 Å². The van der Waals surface area contributed by atoms with Crippen molar-refractivity contribution < 1.29 is 9.90 Å². The van der Waals surface area contributed by atoms with Crippen molar-refractivity contribution in [2.75, 3.05) is 18.0 Å². The molecular weight excluding hydrogens is 300 g/mol. The lowest BCUT2D eigenvalue weighted by Crippen LogP contribution is -2.35. The number of hydrogen-bond donors (Lipinski definition) is 2. The number of anilines is 1. The summed E-state index contributed by atoms with van der Waals surface area (Å²) in [5, 5.41) is 12.5. The largest absolute Gasteiger partial charge is 0.393 e. The number of piperidine rings is 1. The standard InChI is InChI=1S/C20H24N2O2/c1-15-2-4-16(5-3-15)14-21-20(24)17-6-8-18(9-7-17)22-12-10-19(23)11-13-22/h2-9,19,23H,10-14H2,1H3,(H,21,24). The maximum atomic E-state index is 12.3. The van der Waals surface area contributed by atoms with Crippen molar-refractivity contribution in [2.24, 2.45) is 0 Å². The van der Waals surface area contributed by atoms with Crippen LogP contribution in [0.15, 0.2) is 48.5 Å². The van der Waals surface area contributed by atoms with Crippen LogP contribution in [0.25, 0.3) is 0 Å². The minimum Gasteiger partial charge on any atom is -0.393 e. The summed E-state index contributed by atoms with van der Waals surface area (Å²) >= 11 is 0. The van der Waals surface area contributed by atoms with Gasteiger partial charge in [0.1, 0.15) is 0 Å². The molecule has 0 saturated carbocycles. The number of nitrogens with one attached hydrogen (secondary N) is 1. The molecule has 0 aromatic heterocycles. The van der Waals surface area contributed by atoms with Crippen LogP contribution in [0, 0.1) is 6.92 Å². The minimum atomic E-state index is -0.173. The minimum absolute atomic E-state index is 0.0591. The highest BCUT2D eigenvalue weighted by molar-refractivity contribution is 5.94. The molecule has 0 aliphatic carbocycles. The van der Waals surface area contributed by atoms with Crippen LogP contribution in [0.5, 0.6) is 0 Å². The van der Waals surface area contributed by atoms with E-state index in [1.165, 1.54) is 5.56 Å². The topological polar surface area (TPSA) is 52.6 Å². The molecule has 0 radical (unpaired) electrons. The van der Waals surface area contributed by atoms with Gasteiger partial charge in [0.05, 0.1) is 6.10 Å². The van der Waals surface area contributed by atoms with Gasteiger partial charge in [0.15, 0.2) is 0 Å². The number of hydrogen-bond acceptors (Lipinski definition) is 3. The Morgan fingerprint density at radius 2 is 1.71 bits per heavy atom. The highest BCUT2D eigenvalue weighted by Gasteiger charge is 2.17. The number of carbonyl (C=O) groups excluding carboxylic acids is 1. The Morgan fingerprint density at radius 1 is 1.08 bits per heavy atom. The smallest absolute Gasteiger partial charge is 0.251 e. The molecule has 1 saturated heterocycles. The molecule has 0 bridgehead atoms. The molecule has 4 heteroatoms. The highest BCUT2D eigenvalue weighted by atomic mass is 16.3. The van der Waals surface area contributed by atoms with E-state index in [2.05, 4.69) is 10.2 Å². The van der Waals surface area contributed by atoms with Crippen LogP contribution in [0.2, 0.25) is 0 Å². The van der Waals surface area contributed by atoms with E-state index in [-0.39, 0.29) is 12.0 Å². The Bertz CT molecular complexity index is 672. The second-order valence-corrected chi connectivity index (χ2v) is 6.43. The Balaban J connectivity index is 1.56. The molecule has 2 aromatic carbocycles. The van der Waals surface area contributed by atoms with Gasteiger partial charge in [0.25, 0.3) is 5.91 Å². The zero-order valence-electron chi connectivity index (χ0n) is 14.0. The van der Waals surface area contributed by atoms with Crippen LogP contribution in [0.3, 0.4) is 0 Å². The molecule has 0 spiro atoms. The predicted molar refractivity (Wildman–Crippen MR) is 96.2 cm³/mol. The number of nitrogens with zero attached hydrogens (tertiary/aromatic N) is 1. The molecule has 1 amide bonds. The van der Waals surface area contributed by atoms with Gasteiger partial charge < -0.3 is 15.3 Å². The maximum absolute atomic E-state index is 12.3. The molecule has 1 aliphatic rings. The van der Waals surface area contributed by atoms with Gasteiger partial charge >= 0.3 is 0 Å². The van der Waals surface area contributed by atoms with E-state index in [1.54, 1.807) is 0 Å². The van der Waals surface area contributed by atoms with Gasteiger partial charge in [-0.05, 0) is 49.6 Å². The van der Waals surface area contributed by atoms with Crippen molar-refractivity contribution in [3.05, 3.63) is 65.2 Å². The number of carbonyl (C=O) groups is 1. The van der Waals surface area contributed by atoms with Gasteiger partial charge in [0, 0.05) is 30.9 Å². The first kappa shape index (κ1) is 16.5. The normalized spacial score (nSPS) is 15.3. The summed E-state index contributed by atoms with van der Waals surface area (Å²) in [4.78, 5) is 14.5. The van der Waals surface area contributed by atoms with Crippen molar-refractivity contribution in [3.63, 3.8) is 0 Å². The molecule has 24 heavy (non-hydrogen) atoms. The fraction of sp³-hybridized carbons (Fsp3) is 0.350. The second-order valence-electron chi connectivity index (χ2n) is 6.43. The van der Waals surface area contributed by atoms with Gasteiger partial charge in [-0.1, -0.05) is 29.8 Å². The summed E-state index contributed by atoms with van der Waals surface area (Å²) in [6.07, 6.45) is 1.44. The van der Waals surface area contributed by atoms with E-state index < -0.39 is 0 Å². The molecule has 1 fully saturated rings. The molecule has 1 aliphatic heterocycles. The molecule has 126 valence electrons. The van der Waals surface area contributed by atoms with Gasteiger partial charge in [-0.2, -0.15) is 0 Å². The van der Waals surface area contributed by atoms with E-state index in [4.69, 9.17) is 0 Å². The molecule has 2 N–H and O–H groups in total. The summed E-state index contributed by atoms with van der Waals surface area (Å²) in [7, 11) is 0. The van der Waals surface area contributed by atoms with Crippen molar-refractivity contribution in [2.45, 2.75) is 32.4 Å². The summed E-state index contributed by atoms with van der Waals surface area (Å²) in [6, 6.07) is 15.9. The van der Waals surface area contributed by atoms with E-state index >= 15 is 0 Å². The average Bonchev–Trinajstić information content (AvgIpc) is 2.62. The van der Waals surface area contributed by atoms with E-state index in [0.717, 1.165) is 37.2 Å². The molecule has 0 unspecified atom stereocenters. The number of aliphatic hydroxyl groups excluding tert-OH is 1. The summed E-state index contributed by atoms with van der Waals surface area (Å²) in [5.74, 6) is -0.0591. The maximum Gasteiger partial charge on any atom is 0.251 e. The highest BCUT2D eigenvalue weighted by Crippen LogP contribution is 2.20. The van der Waals surface area contributed by atoms with Crippen LogP contribution >= 0.6 is 0 Å². The number of rotatable bonds is 4. The lowest BCUT2D eigenvalue weighted by atomic mass is 10.1. The quantitative estimate of drug-likeness (QED) is 0.909. The zero-order valence-corrected chi connectivity index (χ0v) is 14.0. The Kier molecular flexibility index (Phi) is 5.16. The predicted octanol–water partition coefficient (Wildman–Crippen LogP) is 2.89. The molecule has 2 aromatic rings. The summed E-state index contributed by atoms with van der Waals surface area (Å²) < 4.78 is 0. The van der Waals surface area contributed by atoms with Crippen molar-refractivity contribution in [3.8, 4) is 0 Å². The Labute approximate surface area is 143 Å². The van der Waals surface area contributed by atoms with Crippen LogP contribution < -0.4 is 10.2 Å². The lowest BCUT2D eigenvalue weighted by Gasteiger charge is -2.31. The molecular formula is C20H24N2O2. The van der Waals surface area contributed by atoms with Crippen molar-refractivity contribution in [1.29, 1.82) is 0 Å². The van der Waals surface area contributed by atoms with E-state index in [0.29, 0.717) is 12.1 Å². The third-order valence-corrected chi connectivity index (χ3v) is 4.53. The fourth-order valence-corrected chi connectivity index (χ4v) is 2.94. The monoisotopic (exact) mass is 324 g/mol. The number of amides is 1. The first-order valence-electron chi connectivity index (χ1n) is 8.48. The van der Waals surface area contributed by atoms with E-state index in [9.17, 15) is 9.90 Å². The third kappa shape index (κ3) is 4.15.